The number of rotatable bonds is 6. The van der Waals surface area contributed by atoms with Gasteiger partial charge in [-0.15, -0.1) is 0 Å². The topological polar surface area (TPSA) is 108 Å². The van der Waals surface area contributed by atoms with E-state index in [0.29, 0.717) is 11.4 Å². The van der Waals surface area contributed by atoms with Gasteiger partial charge in [-0.05, 0) is 29.7 Å². The van der Waals surface area contributed by atoms with Gasteiger partial charge < -0.3 is 16.4 Å². The summed E-state index contributed by atoms with van der Waals surface area (Å²) in [5.41, 5.74) is 7.52. The number of nitrogens with two attached hydrogens (primary N) is 1. The number of nitrogens with zero attached hydrogens (tertiary/aromatic N) is 1. The van der Waals surface area contributed by atoms with Crippen LogP contribution in [0.3, 0.4) is 0 Å². The highest BCUT2D eigenvalue weighted by Crippen LogP contribution is 2.24. The van der Waals surface area contributed by atoms with Gasteiger partial charge in [0.25, 0.3) is 11.8 Å². The molecular weight excluding hydrogens is 328 g/mol. The van der Waals surface area contributed by atoms with E-state index >= 15 is 0 Å². The first kappa shape index (κ1) is 18.7. The van der Waals surface area contributed by atoms with Crippen LogP contribution in [0, 0.1) is 11.3 Å². The zero-order valence-corrected chi connectivity index (χ0v) is 14.6. The number of benzene rings is 2. The summed E-state index contributed by atoms with van der Waals surface area (Å²) in [5.74, 6) is -0.915. The highest BCUT2D eigenvalue weighted by Gasteiger charge is 2.13. The molecule has 0 aromatic heterocycles. The molecule has 2 amide bonds. The molecule has 0 aliphatic rings. The Hall–Kier alpha value is -3.59. The van der Waals surface area contributed by atoms with Gasteiger partial charge in [-0.25, -0.2) is 0 Å². The van der Waals surface area contributed by atoms with Crippen LogP contribution in [-0.4, -0.2) is 11.8 Å². The lowest BCUT2D eigenvalue weighted by molar-refractivity contribution is -0.112. The van der Waals surface area contributed by atoms with E-state index < -0.39 is 11.8 Å². The first-order valence-electron chi connectivity index (χ1n) is 8.10. The molecule has 0 atom stereocenters. The van der Waals surface area contributed by atoms with E-state index in [-0.39, 0.29) is 17.1 Å². The van der Waals surface area contributed by atoms with Gasteiger partial charge in [-0.2, -0.15) is 5.26 Å². The van der Waals surface area contributed by atoms with Crippen molar-refractivity contribution in [1.82, 2.24) is 0 Å². The van der Waals surface area contributed by atoms with Crippen molar-refractivity contribution < 1.29 is 9.59 Å². The van der Waals surface area contributed by atoms with Crippen molar-refractivity contribution in [3.8, 4) is 6.07 Å². The summed E-state index contributed by atoms with van der Waals surface area (Å²) < 4.78 is 0. The number of hydrogen-bond donors (Lipinski definition) is 3. The van der Waals surface area contributed by atoms with Crippen LogP contribution < -0.4 is 16.4 Å². The lowest BCUT2D eigenvalue weighted by Gasteiger charge is -2.13. The molecule has 6 heteroatoms. The molecule has 2 aromatic rings. The zero-order valence-electron chi connectivity index (χ0n) is 14.6. The molecule has 0 radical (unpaired) electrons. The molecule has 26 heavy (non-hydrogen) atoms. The van der Waals surface area contributed by atoms with Crippen molar-refractivity contribution in [1.29, 1.82) is 5.26 Å². The Bertz CT molecular complexity index is 895. The smallest absolute Gasteiger partial charge is 0.267 e. The molecule has 0 aliphatic heterocycles. The summed E-state index contributed by atoms with van der Waals surface area (Å²) >= 11 is 0. The van der Waals surface area contributed by atoms with E-state index in [0.717, 1.165) is 5.56 Å². The molecular formula is C20H20N4O2. The number of amides is 2. The molecule has 2 rings (SSSR count). The van der Waals surface area contributed by atoms with Crippen molar-refractivity contribution in [2.45, 2.75) is 19.8 Å². The predicted molar refractivity (Wildman–Crippen MR) is 101 cm³/mol. The van der Waals surface area contributed by atoms with Crippen molar-refractivity contribution in [2.24, 2.45) is 5.73 Å². The minimum atomic E-state index is -0.602. The number of hydrogen-bond acceptors (Lipinski definition) is 4. The fourth-order valence-corrected chi connectivity index (χ4v) is 2.43. The third-order valence-corrected chi connectivity index (χ3v) is 3.76. The number of carbonyl (C=O) groups excluding carboxylic acids is 2. The minimum Gasteiger partial charge on any atom is -0.366 e. The second-order valence-corrected chi connectivity index (χ2v) is 5.92. The van der Waals surface area contributed by atoms with Crippen LogP contribution >= 0.6 is 0 Å². The van der Waals surface area contributed by atoms with Gasteiger partial charge in [-0.3, -0.25) is 9.59 Å². The van der Waals surface area contributed by atoms with Crippen molar-refractivity contribution in [3.63, 3.8) is 0 Å². The van der Waals surface area contributed by atoms with Gasteiger partial charge in [-0.1, -0.05) is 44.2 Å². The van der Waals surface area contributed by atoms with E-state index in [4.69, 9.17) is 5.73 Å². The molecule has 0 spiro atoms. The number of para-hydroxylation sites is 2. The van der Waals surface area contributed by atoms with Gasteiger partial charge in [0.05, 0.1) is 11.3 Å². The average molecular weight is 348 g/mol. The molecule has 132 valence electrons. The van der Waals surface area contributed by atoms with Gasteiger partial charge >= 0.3 is 0 Å². The summed E-state index contributed by atoms with van der Waals surface area (Å²) in [7, 11) is 0. The lowest BCUT2D eigenvalue weighted by atomic mass is 10.0. The first-order valence-corrected chi connectivity index (χ1v) is 8.10. The Balaban J connectivity index is 2.21. The Morgan fingerprint density at radius 1 is 1.08 bits per heavy atom. The fraction of sp³-hybridized carbons (Fsp3) is 0.150. The van der Waals surface area contributed by atoms with Gasteiger partial charge in [0.15, 0.2) is 0 Å². The van der Waals surface area contributed by atoms with Crippen LogP contribution in [0.15, 0.2) is 60.3 Å². The average Bonchev–Trinajstić information content (AvgIpc) is 2.62. The Kier molecular flexibility index (Phi) is 6.12. The van der Waals surface area contributed by atoms with Gasteiger partial charge in [0.2, 0.25) is 0 Å². The number of carbonyl (C=O) groups is 2. The zero-order chi connectivity index (χ0) is 19.1. The monoisotopic (exact) mass is 348 g/mol. The Morgan fingerprint density at radius 2 is 1.69 bits per heavy atom. The van der Waals surface area contributed by atoms with E-state index in [1.165, 1.54) is 6.20 Å². The highest BCUT2D eigenvalue weighted by atomic mass is 16.2. The molecule has 0 bridgehead atoms. The van der Waals surface area contributed by atoms with E-state index in [2.05, 4.69) is 10.6 Å². The summed E-state index contributed by atoms with van der Waals surface area (Å²) in [6.07, 6.45) is 1.26. The third-order valence-electron chi connectivity index (χ3n) is 3.76. The van der Waals surface area contributed by atoms with Crippen LogP contribution in [-0.2, 0) is 4.79 Å². The van der Waals surface area contributed by atoms with Crippen LogP contribution in [0.25, 0.3) is 0 Å². The highest BCUT2D eigenvalue weighted by molar-refractivity contribution is 6.07. The number of nitriles is 1. The largest absolute Gasteiger partial charge is 0.366 e. The molecule has 6 nitrogen and oxygen atoms in total. The summed E-state index contributed by atoms with van der Waals surface area (Å²) in [6.45, 7) is 4.04. The molecule has 0 saturated heterocycles. The molecule has 0 saturated carbocycles. The van der Waals surface area contributed by atoms with Crippen molar-refractivity contribution in [2.75, 3.05) is 10.6 Å². The van der Waals surface area contributed by atoms with E-state index in [1.54, 1.807) is 30.3 Å². The Morgan fingerprint density at radius 3 is 2.31 bits per heavy atom. The normalized spacial score (nSPS) is 10.9. The maximum atomic E-state index is 12.4. The second kappa shape index (κ2) is 8.49. The number of primary amides is 1. The molecule has 0 fully saturated rings. The van der Waals surface area contributed by atoms with Crippen molar-refractivity contribution in [3.05, 3.63) is 71.4 Å². The Labute approximate surface area is 152 Å². The molecule has 2 aromatic carbocycles. The van der Waals surface area contributed by atoms with Gasteiger partial charge in [0.1, 0.15) is 11.6 Å². The lowest BCUT2D eigenvalue weighted by Crippen LogP contribution is -2.17. The SMILES string of the molecule is CC(C)c1ccccc1NC(=O)/C(C#N)=C\Nc1ccccc1C(N)=O. The summed E-state index contributed by atoms with van der Waals surface area (Å²) in [6, 6.07) is 15.9. The van der Waals surface area contributed by atoms with Gasteiger partial charge in [0, 0.05) is 11.9 Å². The summed E-state index contributed by atoms with van der Waals surface area (Å²) in [5, 5.41) is 14.9. The van der Waals surface area contributed by atoms with Crippen LogP contribution in [0.1, 0.15) is 35.7 Å². The molecule has 0 unspecified atom stereocenters. The minimum absolute atomic E-state index is 0.122. The van der Waals surface area contributed by atoms with E-state index in [9.17, 15) is 14.9 Å². The van der Waals surface area contributed by atoms with Crippen LogP contribution in [0.5, 0.6) is 0 Å². The number of nitrogens with one attached hydrogen (secondary N) is 2. The first-order chi connectivity index (χ1) is 12.4. The molecule has 0 heterocycles. The molecule has 0 aliphatic carbocycles. The van der Waals surface area contributed by atoms with Crippen molar-refractivity contribution >= 4 is 23.2 Å². The van der Waals surface area contributed by atoms with E-state index in [1.807, 2.05) is 38.1 Å². The maximum absolute atomic E-state index is 12.4. The quantitative estimate of drug-likeness (QED) is 0.549. The second-order valence-electron chi connectivity index (χ2n) is 5.92. The predicted octanol–water partition coefficient (Wildman–Crippen LogP) is 3.37. The fourth-order valence-electron chi connectivity index (χ4n) is 2.43. The third kappa shape index (κ3) is 4.48. The molecule has 4 N–H and O–H groups in total. The maximum Gasteiger partial charge on any atom is 0.267 e. The van der Waals surface area contributed by atoms with Crippen LogP contribution in [0.4, 0.5) is 11.4 Å². The van der Waals surface area contributed by atoms with Crippen LogP contribution in [0.2, 0.25) is 0 Å². The number of anilines is 2. The standard InChI is InChI=1S/C20H20N4O2/c1-13(2)15-7-3-6-10-18(15)24-20(26)14(11-21)12-23-17-9-5-4-8-16(17)19(22)25/h3-10,12-13,23H,1-2H3,(H2,22,25)(H,24,26)/b14-12-. The summed E-state index contributed by atoms with van der Waals surface area (Å²) in [4.78, 5) is 23.9.